The maximum Gasteiger partial charge on any atom is 0.251 e. The van der Waals surface area contributed by atoms with Crippen LogP contribution in [-0.2, 0) is 13.5 Å². The van der Waals surface area contributed by atoms with Gasteiger partial charge in [0.05, 0.1) is 22.4 Å². The van der Waals surface area contributed by atoms with Gasteiger partial charge in [-0.2, -0.15) is 0 Å². The van der Waals surface area contributed by atoms with Crippen LogP contribution in [0.3, 0.4) is 0 Å². The molecule has 0 unspecified atom stereocenters. The summed E-state index contributed by atoms with van der Waals surface area (Å²) >= 11 is 0. The van der Waals surface area contributed by atoms with Crippen LogP contribution in [0.5, 0.6) is 0 Å². The number of carbonyl (C=O) groups is 1. The zero-order chi connectivity index (χ0) is 17.9. The highest BCUT2D eigenvalue weighted by molar-refractivity contribution is 5.96. The lowest BCUT2D eigenvalue weighted by atomic mass is 10.1. The molecule has 0 saturated heterocycles. The molecule has 6 nitrogen and oxygen atoms in total. The number of aromatic nitrogens is 2. The number of hydrogen-bond donors (Lipinski definition) is 3. The maximum absolute atomic E-state index is 12.5. The molecule has 1 aliphatic heterocycles. The number of rotatable bonds is 4. The zero-order valence-electron chi connectivity index (χ0n) is 14.9. The number of nitrogens with one attached hydrogen (secondary N) is 3. The lowest BCUT2D eigenvalue weighted by Gasteiger charge is -2.11. The topological polar surface area (TPSA) is 71.0 Å². The van der Waals surface area contributed by atoms with Gasteiger partial charge in [0.15, 0.2) is 0 Å². The molecule has 1 amide bonds. The van der Waals surface area contributed by atoms with E-state index in [1.807, 2.05) is 43.4 Å². The monoisotopic (exact) mass is 349 g/mol. The van der Waals surface area contributed by atoms with Gasteiger partial charge in [-0.1, -0.05) is 12.1 Å². The van der Waals surface area contributed by atoms with Crippen molar-refractivity contribution in [3.05, 3.63) is 53.9 Å². The Balaban J connectivity index is 1.41. The molecule has 3 N–H and O–H groups in total. The number of fused-ring (bicyclic) bond motifs is 2. The van der Waals surface area contributed by atoms with Crippen molar-refractivity contribution < 1.29 is 4.79 Å². The Hall–Kier alpha value is -3.02. The van der Waals surface area contributed by atoms with Crippen molar-refractivity contribution >= 4 is 28.3 Å². The molecule has 0 aliphatic carbocycles. The van der Waals surface area contributed by atoms with Gasteiger partial charge in [-0.3, -0.25) is 4.79 Å². The van der Waals surface area contributed by atoms with Gasteiger partial charge in [0.2, 0.25) is 0 Å². The Morgan fingerprint density at radius 3 is 2.81 bits per heavy atom. The van der Waals surface area contributed by atoms with Crippen LogP contribution in [-0.4, -0.2) is 35.1 Å². The number of benzene rings is 2. The zero-order valence-corrected chi connectivity index (χ0v) is 14.9. The molecule has 6 heteroatoms. The van der Waals surface area contributed by atoms with Crippen molar-refractivity contribution in [1.29, 1.82) is 0 Å². The first-order valence-electron chi connectivity index (χ1n) is 9.03. The smallest absolute Gasteiger partial charge is 0.251 e. The predicted octanol–water partition coefficient (Wildman–Crippen LogP) is 2.77. The quantitative estimate of drug-likeness (QED) is 0.677. The summed E-state index contributed by atoms with van der Waals surface area (Å²) in [4.78, 5) is 17.1. The average Bonchev–Trinajstić information content (AvgIpc) is 2.83. The molecule has 2 heterocycles. The van der Waals surface area contributed by atoms with Crippen molar-refractivity contribution in [3.63, 3.8) is 0 Å². The van der Waals surface area contributed by atoms with Crippen molar-refractivity contribution in [1.82, 2.24) is 14.9 Å². The van der Waals surface area contributed by atoms with E-state index in [1.165, 1.54) is 0 Å². The minimum absolute atomic E-state index is 0.0578. The molecule has 0 fully saturated rings. The van der Waals surface area contributed by atoms with Crippen LogP contribution in [0.4, 0.5) is 11.4 Å². The van der Waals surface area contributed by atoms with E-state index in [0.717, 1.165) is 47.7 Å². The van der Waals surface area contributed by atoms with Crippen LogP contribution >= 0.6 is 0 Å². The van der Waals surface area contributed by atoms with Crippen LogP contribution in [0, 0.1) is 0 Å². The Morgan fingerprint density at radius 1 is 1.15 bits per heavy atom. The van der Waals surface area contributed by atoms with Gasteiger partial charge < -0.3 is 20.5 Å². The minimum atomic E-state index is -0.0578. The van der Waals surface area contributed by atoms with E-state index >= 15 is 0 Å². The summed E-state index contributed by atoms with van der Waals surface area (Å²) < 4.78 is 2.08. The summed E-state index contributed by atoms with van der Waals surface area (Å²) in [6.07, 6.45) is 1.76. The Kier molecular flexibility index (Phi) is 4.48. The fourth-order valence-electron chi connectivity index (χ4n) is 3.33. The largest absolute Gasteiger partial charge is 0.383 e. The second-order valence-corrected chi connectivity index (χ2v) is 6.55. The highest BCUT2D eigenvalue weighted by Gasteiger charge is 2.12. The number of amides is 1. The number of anilines is 2. The first-order chi connectivity index (χ1) is 12.7. The number of imidazole rings is 1. The Labute approximate surface area is 152 Å². The lowest BCUT2D eigenvalue weighted by Crippen LogP contribution is -2.26. The molecule has 0 bridgehead atoms. The fourth-order valence-corrected chi connectivity index (χ4v) is 3.33. The maximum atomic E-state index is 12.5. The third kappa shape index (κ3) is 3.22. The molecule has 3 aromatic rings. The van der Waals surface area contributed by atoms with Gasteiger partial charge >= 0.3 is 0 Å². The van der Waals surface area contributed by atoms with E-state index in [9.17, 15) is 4.79 Å². The van der Waals surface area contributed by atoms with Crippen LogP contribution in [0.25, 0.3) is 11.0 Å². The van der Waals surface area contributed by atoms with Crippen molar-refractivity contribution in [2.45, 2.75) is 12.8 Å². The summed E-state index contributed by atoms with van der Waals surface area (Å²) in [6, 6.07) is 13.8. The first-order valence-corrected chi connectivity index (χ1v) is 9.03. The van der Waals surface area contributed by atoms with E-state index in [-0.39, 0.29) is 5.91 Å². The Bertz CT molecular complexity index is 947. The second kappa shape index (κ2) is 7.07. The number of nitrogens with zero attached hydrogens (tertiary/aromatic N) is 2. The minimum Gasteiger partial charge on any atom is -0.383 e. The van der Waals surface area contributed by atoms with Crippen LogP contribution < -0.4 is 16.0 Å². The number of carbonyl (C=O) groups excluding carboxylic acids is 1. The second-order valence-electron chi connectivity index (χ2n) is 6.55. The molecule has 0 spiro atoms. The van der Waals surface area contributed by atoms with E-state index < -0.39 is 0 Å². The lowest BCUT2D eigenvalue weighted by molar-refractivity contribution is 0.0954. The van der Waals surface area contributed by atoms with E-state index in [1.54, 1.807) is 0 Å². The van der Waals surface area contributed by atoms with Crippen molar-refractivity contribution in [2.75, 3.05) is 30.3 Å². The molecule has 2 aromatic carbocycles. The van der Waals surface area contributed by atoms with Gasteiger partial charge in [-0.15, -0.1) is 0 Å². The van der Waals surface area contributed by atoms with Gasteiger partial charge in [0.1, 0.15) is 5.82 Å². The fraction of sp³-hybridized carbons (Fsp3) is 0.300. The van der Waals surface area contributed by atoms with Crippen LogP contribution in [0.15, 0.2) is 42.5 Å². The summed E-state index contributed by atoms with van der Waals surface area (Å²) in [6.45, 7) is 2.42. The standard InChI is InChI=1S/C20H23N5O/c1-25-18-6-3-2-5-16(18)24-19(25)9-12-23-20(26)14-7-8-15-17(13-14)22-11-4-10-21-15/h2-3,5-8,13,21-22H,4,9-12H2,1H3,(H,23,26). The third-order valence-electron chi connectivity index (χ3n) is 4.78. The van der Waals surface area contributed by atoms with Gasteiger partial charge in [0.25, 0.3) is 5.91 Å². The normalized spacial score (nSPS) is 13.4. The Morgan fingerprint density at radius 2 is 1.96 bits per heavy atom. The third-order valence-corrected chi connectivity index (χ3v) is 4.78. The van der Waals surface area contributed by atoms with Gasteiger partial charge in [0, 0.05) is 38.7 Å². The SMILES string of the molecule is Cn1c(CCNC(=O)c2ccc3c(c2)NCCCN3)nc2ccccc21. The summed E-state index contributed by atoms with van der Waals surface area (Å²) in [5, 5.41) is 9.74. The molecule has 1 aliphatic rings. The molecule has 4 rings (SSSR count). The number of hydrogen-bond acceptors (Lipinski definition) is 4. The first kappa shape index (κ1) is 16.4. The van der Waals surface area contributed by atoms with Crippen molar-refractivity contribution in [3.8, 4) is 0 Å². The summed E-state index contributed by atoms with van der Waals surface area (Å²) in [7, 11) is 2.01. The molecular formula is C20H23N5O. The molecule has 134 valence electrons. The molecule has 1 aromatic heterocycles. The average molecular weight is 349 g/mol. The van der Waals surface area contributed by atoms with E-state index in [0.29, 0.717) is 18.5 Å². The number of para-hydroxylation sites is 2. The van der Waals surface area contributed by atoms with Gasteiger partial charge in [-0.05, 0) is 36.8 Å². The van der Waals surface area contributed by atoms with E-state index in [4.69, 9.17) is 0 Å². The molecule has 26 heavy (non-hydrogen) atoms. The predicted molar refractivity (Wildman–Crippen MR) is 105 cm³/mol. The van der Waals surface area contributed by atoms with Crippen LogP contribution in [0.2, 0.25) is 0 Å². The van der Waals surface area contributed by atoms with Crippen LogP contribution in [0.1, 0.15) is 22.6 Å². The summed E-state index contributed by atoms with van der Waals surface area (Å²) in [5.41, 5.74) is 4.81. The number of aryl methyl sites for hydroxylation is 1. The highest BCUT2D eigenvalue weighted by atomic mass is 16.1. The van der Waals surface area contributed by atoms with Crippen molar-refractivity contribution in [2.24, 2.45) is 7.05 Å². The molecule has 0 saturated carbocycles. The van der Waals surface area contributed by atoms with Gasteiger partial charge in [-0.25, -0.2) is 4.98 Å². The molecule has 0 atom stereocenters. The highest BCUT2D eigenvalue weighted by Crippen LogP contribution is 2.25. The van der Waals surface area contributed by atoms with E-state index in [2.05, 4.69) is 31.6 Å². The summed E-state index contributed by atoms with van der Waals surface area (Å²) in [5.74, 6) is 0.914. The molecular weight excluding hydrogens is 326 g/mol. The molecule has 0 radical (unpaired) electrons.